The van der Waals surface area contributed by atoms with Gasteiger partial charge in [0.25, 0.3) is 5.91 Å². The summed E-state index contributed by atoms with van der Waals surface area (Å²) in [5, 5.41) is 4.85. The number of halogens is 1. The summed E-state index contributed by atoms with van der Waals surface area (Å²) in [6.45, 7) is 5.52. The Morgan fingerprint density at radius 2 is 1.96 bits per heavy atom. The molecule has 2 heterocycles. The standard InChI is InChI=1S/C20H23FN2O2S/c1-13(2)10-22-19(24)17-12-23(20(25)18-4-3-9-26-18)11-16(17)14-5-7-15(21)8-6-14/h3-9,13,16-17H,10-12H2,1-2H3,(H,22,24)/t16-,17+/m0/s1. The van der Waals surface area contributed by atoms with E-state index in [1.54, 1.807) is 23.1 Å². The zero-order valence-corrected chi connectivity index (χ0v) is 15.8. The number of likely N-dealkylation sites (tertiary alicyclic amines) is 1. The average molecular weight is 374 g/mol. The molecule has 2 amide bonds. The van der Waals surface area contributed by atoms with E-state index in [4.69, 9.17) is 0 Å². The second-order valence-corrected chi connectivity index (χ2v) is 8.04. The number of nitrogens with one attached hydrogen (secondary N) is 1. The van der Waals surface area contributed by atoms with Crippen molar-refractivity contribution in [2.45, 2.75) is 19.8 Å². The fourth-order valence-electron chi connectivity index (χ4n) is 3.27. The first-order valence-electron chi connectivity index (χ1n) is 8.81. The molecule has 0 bridgehead atoms. The SMILES string of the molecule is CC(C)CNC(=O)[C@@H]1CN(C(=O)c2cccs2)C[C@H]1c1ccc(F)cc1. The van der Waals surface area contributed by atoms with Crippen LogP contribution < -0.4 is 5.32 Å². The maximum absolute atomic E-state index is 13.3. The van der Waals surface area contributed by atoms with Crippen molar-refractivity contribution in [1.82, 2.24) is 10.2 Å². The summed E-state index contributed by atoms with van der Waals surface area (Å²) in [6, 6.07) is 9.87. The van der Waals surface area contributed by atoms with Gasteiger partial charge in [0.15, 0.2) is 0 Å². The van der Waals surface area contributed by atoms with E-state index < -0.39 is 0 Å². The molecular formula is C20H23FN2O2S. The summed E-state index contributed by atoms with van der Waals surface area (Å²) in [4.78, 5) is 27.9. The fourth-order valence-corrected chi connectivity index (χ4v) is 3.97. The van der Waals surface area contributed by atoms with Gasteiger partial charge < -0.3 is 10.2 Å². The third kappa shape index (κ3) is 4.12. The van der Waals surface area contributed by atoms with Crippen molar-refractivity contribution in [1.29, 1.82) is 0 Å². The van der Waals surface area contributed by atoms with Crippen molar-refractivity contribution in [3.05, 3.63) is 58.0 Å². The predicted octanol–water partition coefficient (Wildman–Crippen LogP) is 3.52. The quantitative estimate of drug-likeness (QED) is 0.871. The van der Waals surface area contributed by atoms with Crippen LogP contribution in [0, 0.1) is 17.7 Å². The fraction of sp³-hybridized carbons (Fsp3) is 0.400. The molecule has 1 aromatic heterocycles. The van der Waals surface area contributed by atoms with Gasteiger partial charge in [0.05, 0.1) is 10.8 Å². The van der Waals surface area contributed by atoms with E-state index in [0.29, 0.717) is 30.4 Å². The molecule has 6 heteroatoms. The molecule has 4 nitrogen and oxygen atoms in total. The lowest BCUT2D eigenvalue weighted by molar-refractivity contribution is -0.125. The molecule has 1 fully saturated rings. The minimum absolute atomic E-state index is 0.0468. The van der Waals surface area contributed by atoms with Gasteiger partial charge in [-0.2, -0.15) is 0 Å². The smallest absolute Gasteiger partial charge is 0.263 e. The molecule has 138 valence electrons. The van der Waals surface area contributed by atoms with Gasteiger partial charge >= 0.3 is 0 Å². The van der Waals surface area contributed by atoms with Gasteiger partial charge in [0, 0.05) is 25.6 Å². The highest BCUT2D eigenvalue weighted by atomic mass is 32.1. The molecule has 0 radical (unpaired) electrons. The summed E-state index contributed by atoms with van der Waals surface area (Å²) >= 11 is 1.40. The Hall–Kier alpha value is -2.21. The number of hydrogen-bond donors (Lipinski definition) is 1. The van der Waals surface area contributed by atoms with Crippen molar-refractivity contribution in [3.8, 4) is 0 Å². The topological polar surface area (TPSA) is 49.4 Å². The third-order valence-electron chi connectivity index (χ3n) is 4.66. The highest BCUT2D eigenvalue weighted by molar-refractivity contribution is 7.12. The van der Waals surface area contributed by atoms with Crippen LogP contribution in [0.5, 0.6) is 0 Å². The molecule has 1 aromatic carbocycles. The average Bonchev–Trinajstić information content (AvgIpc) is 3.29. The molecular weight excluding hydrogens is 351 g/mol. The van der Waals surface area contributed by atoms with Gasteiger partial charge in [-0.1, -0.05) is 32.0 Å². The Balaban J connectivity index is 1.81. The number of carbonyl (C=O) groups excluding carboxylic acids is 2. The van der Waals surface area contributed by atoms with E-state index in [9.17, 15) is 14.0 Å². The van der Waals surface area contributed by atoms with Crippen molar-refractivity contribution >= 4 is 23.2 Å². The number of rotatable bonds is 5. The molecule has 0 spiro atoms. The highest BCUT2D eigenvalue weighted by Gasteiger charge is 2.40. The van der Waals surface area contributed by atoms with Crippen LogP contribution in [-0.2, 0) is 4.79 Å². The zero-order valence-electron chi connectivity index (χ0n) is 14.9. The lowest BCUT2D eigenvalue weighted by atomic mass is 9.88. The maximum atomic E-state index is 13.3. The van der Waals surface area contributed by atoms with Gasteiger partial charge in [-0.25, -0.2) is 4.39 Å². The second-order valence-electron chi connectivity index (χ2n) is 7.09. The van der Waals surface area contributed by atoms with Crippen molar-refractivity contribution in [2.75, 3.05) is 19.6 Å². The molecule has 1 aliphatic rings. The molecule has 3 rings (SSSR count). The summed E-state index contributed by atoms with van der Waals surface area (Å²) in [5.41, 5.74) is 0.887. The van der Waals surface area contributed by atoms with E-state index in [1.807, 2.05) is 25.3 Å². The number of thiophene rings is 1. The first-order valence-corrected chi connectivity index (χ1v) is 9.69. The Morgan fingerprint density at radius 3 is 2.58 bits per heavy atom. The van der Waals surface area contributed by atoms with E-state index in [0.717, 1.165) is 5.56 Å². The molecule has 1 aliphatic heterocycles. The van der Waals surface area contributed by atoms with E-state index in [2.05, 4.69) is 5.32 Å². The van der Waals surface area contributed by atoms with Crippen LogP contribution in [-0.4, -0.2) is 36.3 Å². The first kappa shape index (κ1) is 18.6. The van der Waals surface area contributed by atoms with Crippen LogP contribution in [0.4, 0.5) is 4.39 Å². The van der Waals surface area contributed by atoms with Crippen LogP contribution in [0.25, 0.3) is 0 Å². The Kier molecular flexibility index (Phi) is 5.71. The number of carbonyl (C=O) groups is 2. The van der Waals surface area contributed by atoms with Crippen molar-refractivity contribution in [3.63, 3.8) is 0 Å². The van der Waals surface area contributed by atoms with Gasteiger partial charge in [-0.3, -0.25) is 9.59 Å². The number of hydrogen-bond acceptors (Lipinski definition) is 3. The van der Waals surface area contributed by atoms with Gasteiger partial charge in [-0.15, -0.1) is 11.3 Å². The Labute approximate surface area is 157 Å². The molecule has 2 aromatic rings. The summed E-state index contributed by atoms with van der Waals surface area (Å²) < 4.78 is 13.3. The molecule has 2 atom stereocenters. The third-order valence-corrected chi connectivity index (χ3v) is 5.52. The zero-order chi connectivity index (χ0) is 18.7. The monoisotopic (exact) mass is 374 g/mol. The van der Waals surface area contributed by atoms with Crippen LogP contribution >= 0.6 is 11.3 Å². The first-order chi connectivity index (χ1) is 12.5. The van der Waals surface area contributed by atoms with Crippen LogP contribution in [0.2, 0.25) is 0 Å². The lowest BCUT2D eigenvalue weighted by Crippen LogP contribution is -2.37. The summed E-state index contributed by atoms with van der Waals surface area (Å²) in [6.07, 6.45) is 0. The van der Waals surface area contributed by atoms with Gasteiger partial charge in [-0.05, 0) is 35.1 Å². The van der Waals surface area contributed by atoms with Crippen LogP contribution in [0.1, 0.15) is 35.0 Å². The highest BCUT2D eigenvalue weighted by Crippen LogP contribution is 2.34. The molecule has 1 N–H and O–H groups in total. The molecule has 0 unspecified atom stereocenters. The number of nitrogens with zero attached hydrogens (tertiary/aromatic N) is 1. The number of benzene rings is 1. The summed E-state index contributed by atoms with van der Waals surface area (Å²) in [7, 11) is 0. The largest absolute Gasteiger partial charge is 0.356 e. The minimum atomic E-state index is -0.330. The minimum Gasteiger partial charge on any atom is -0.356 e. The molecule has 0 aliphatic carbocycles. The predicted molar refractivity (Wildman–Crippen MR) is 101 cm³/mol. The molecule has 1 saturated heterocycles. The summed E-state index contributed by atoms with van der Waals surface area (Å²) in [5.74, 6) is -0.511. The van der Waals surface area contributed by atoms with E-state index in [1.165, 1.54) is 23.5 Å². The molecule has 0 saturated carbocycles. The molecule has 26 heavy (non-hydrogen) atoms. The Morgan fingerprint density at radius 1 is 1.23 bits per heavy atom. The number of amides is 2. The van der Waals surface area contributed by atoms with E-state index >= 15 is 0 Å². The van der Waals surface area contributed by atoms with Gasteiger partial charge in [0.2, 0.25) is 5.91 Å². The van der Waals surface area contributed by atoms with Crippen LogP contribution in [0.3, 0.4) is 0 Å². The van der Waals surface area contributed by atoms with Crippen molar-refractivity contribution in [2.24, 2.45) is 11.8 Å². The normalized spacial score (nSPS) is 19.8. The van der Waals surface area contributed by atoms with Gasteiger partial charge in [0.1, 0.15) is 5.82 Å². The van der Waals surface area contributed by atoms with E-state index in [-0.39, 0.29) is 29.5 Å². The second kappa shape index (κ2) is 7.99. The maximum Gasteiger partial charge on any atom is 0.263 e. The lowest BCUT2D eigenvalue weighted by Gasteiger charge is -2.18. The van der Waals surface area contributed by atoms with Crippen LogP contribution in [0.15, 0.2) is 41.8 Å². The van der Waals surface area contributed by atoms with Crippen molar-refractivity contribution < 1.29 is 14.0 Å². The Bertz CT molecular complexity index is 759.